The summed E-state index contributed by atoms with van der Waals surface area (Å²) in [7, 11) is 0. The molecule has 1 nitrogen and oxygen atoms in total. The van der Waals surface area contributed by atoms with Crippen molar-refractivity contribution < 1.29 is 0 Å². The highest BCUT2D eigenvalue weighted by Crippen LogP contribution is 2.00. The van der Waals surface area contributed by atoms with Gasteiger partial charge in [-0.05, 0) is 18.9 Å². The first-order chi connectivity index (χ1) is 5.26. The Morgan fingerprint density at radius 3 is 2.55 bits per heavy atom. The van der Waals surface area contributed by atoms with Gasteiger partial charge in [0.05, 0.1) is 0 Å². The lowest BCUT2D eigenvalue weighted by atomic mass is 10.1. The molecule has 2 heteroatoms. The van der Waals surface area contributed by atoms with E-state index in [1.807, 2.05) is 19.1 Å². The second kappa shape index (κ2) is 6.25. The third kappa shape index (κ3) is 4.06. The van der Waals surface area contributed by atoms with Gasteiger partial charge in [-0.2, -0.15) is 0 Å². The van der Waals surface area contributed by atoms with Crippen molar-refractivity contribution in [3.8, 4) is 0 Å². The van der Waals surface area contributed by atoms with Crippen LogP contribution in [0.2, 0.25) is 0 Å². The lowest BCUT2D eigenvalue weighted by Crippen LogP contribution is -2.12. The first kappa shape index (κ1) is 10.5. The lowest BCUT2D eigenvalue weighted by Gasteiger charge is -1.99. The maximum atomic E-state index is 5.40. The highest BCUT2D eigenvalue weighted by Gasteiger charge is 1.95. The number of rotatable bonds is 4. The molecule has 2 N–H and O–H groups in total. The topological polar surface area (TPSA) is 26.0 Å². The third-order valence-corrected chi connectivity index (χ3v) is 1.75. The standard InChI is InChI=1S/C9H15NS/c1-3-5-6-8(4-2)9(11)7-10/h4-6H,3,7,10H2,1-2H3/b6-5-,8-4+. The van der Waals surface area contributed by atoms with Crippen molar-refractivity contribution in [2.75, 3.05) is 6.54 Å². The fraction of sp³-hybridized carbons (Fsp3) is 0.444. The van der Waals surface area contributed by atoms with E-state index in [0.29, 0.717) is 6.54 Å². The van der Waals surface area contributed by atoms with Crippen LogP contribution in [0.25, 0.3) is 0 Å². The van der Waals surface area contributed by atoms with Crippen molar-refractivity contribution in [3.05, 3.63) is 23.8 Å². The maximum Gasteiger partial charge on any atom is 0.0357 e. The van der Waals surface area contributed by atoms with Gasteiger partial charge >= 0.3 is 0 Å². The number of allylic oxidation sites excluding steroid dienone is 3. The van der Waals surface area contributed by atoms with Crippen molar-refractivity contribution in [1.82, 2.24) is 0 Å². The minimum atomic E-state index is 0.461. The Hall–Kier alpha value is -0.470. The smallest absolute Gasteiger partial charge is 0.0357 e. The van der Waals surface area contributed by atoms with Gasteiger partial charge in [0.1, 0.15) is 0 Å². The van der Waals surface area contributed by atoms with Crippen LogP contribution in [0, 0.1) is 0 Å². The zero-order valence-corrected chi connectivity index (χ0v) is 7.95. The third-order valence-electron chi connectivity index (χ3n) is 1.35. The van der Waals surface area contributed by atoms with Crippen molar-refractivity contribution >= 4 is 17.1 Å². The molecule has 0 saturated heterocycles. The van der Waals surface area contributed by atoms with E-state index in [-0.39, 0.29) is 0 Å². The molecule has 11 heavy (non-hydrogen) atoms. The monoisotopic (exact) mass is 169 g/mol. The fourth-order valence-corrected chi connectivity index (χ4v) is 0.899. The largest absolute Gasteiger partial charge is 0.326 e. The van der Waals surface area contributed by atoms with Gasteiger partial charge in [0.25, 0.3) is 0 Å². The molecule has 0 amide bonds. The van der Waals surface area contributed by atoms with Gasteiger partial charge in [-0.1, -0.05) is 37.4 Å². The summed E-state index contributed by atoms with van der Waals surface area (Å²) in [5, 5.41) is 0. The van der Waals surface area contributed by atoms with E-state index < -0.39 is 0 Å². The molecule has 0 heterocycles. The Balaban J connectivity index is 4.19. The Labute approximate surface area is 74.0 Å². The van der Waals surface area contributed by atoms with Gasteiger partial charge in [-0.15, -0.1) is 0 Å². The number of hydrogen-bond acceptors (Lipinski definition) is 2. The molecule has 0 aliphatic carbocycles. The summed E-state index contributed by atoms with van der Waals surface area (Å²) in [6.07, 6.45) is 7.12. The summed E-state index contributed by atoms with van der Waals surface area (Å²) in [4.78, 5) is 0.831. The summed E-state index contributed by atoms with van der Waals surface area (Å²) < 4.78 is 0. The first-order valence-corrected chi connectivity index (χ1v) is 4.23. The van der Waals surface area contributed by atoms with E-state index in [9.17, 15) is 0 Å². The van der Waals surface area contributed by atoms with E-state index in [4.69, 9.17) is 18.0 Å². The minimum Gasteiger partial charge on any atom is -0.326 e. The van der Waals surface area contributed by atoms with Gasteiger partial charge in [0, 0.05) is 11.4 Å². The van der Waals surface area contributed by atoms with Gasteiger partial charge in [0.2, 0.25) is 0 Å². The van der Waals surface area contributed by atoms with Crippen LogP contribution in [0.5, 0.6) is 0 Å². The summed E-state index contributed by atoms with van der Waals surface area (Å²) in [5.41, 5.74) is 6.48. The number of hydrogen-bond donors (Lipinski definition) is 1. The molecule has 0 spiro atoms. The minimum absolute atomic E-state index is 0.461. The van der Waals surface area contributed by atoms with E-state index in [1.165, 1.54) is 0 Å². The molecule has 0 atom stereocenters. The lowest BCUT2D eigenvalue weighted by molar-refractivity contribution is 1.22. The van der Waals surface area contributed by atoms with E-state index in [0.717, 1.165) is 16.9 Å². The Bertz CT molecular complexity index is 180. The number of thiocarbonyl (C=S) groups is 1. The highest BCUT2D eigenvalue weighted by molar-refractivity contribution is 7.81. The van der Waals surface area contributed by atoms with Crippen molar-refractivity contribution in [1.29, 1.82) is 0 Å². The molecular formula is C9H15NS. The van der Waals surface area contributed by atoms with Crippen molar-refractivity contribution in [2.45, 2.75) is 20.3 Å². The van der Waals surface area contributed by atoms with Gasteiger partial charge in [-0.3, -0.25) is 0 Å². The summed E-state index contributed by atoms with van der Waals surface area (Å²) in [6.45, 7) is 4.52. The van der Waals surface area contributed by atoms with Crippen LogP contribution in [0.3, 0.4) is 0 Å². The van der Waals surface area contributed by atoms with E-state index >= 15 is 0 Å². The van der Waals surface area contributed by atoms with Crippen LogP contribution in [0.15, 0.2) is 23.8 Å². The van der Waals surface area contributed by atoms with Crippen LogP contribution >= 0.6 is 12.2 Å². The quantitative estimate of drug-likeness (QED) is 0.397. The zero-order valence-electron chi connectivity index (χ0n) is 7.13. The molecule has 0 aromatic rings. The first-order valence-electron chi connectivity index (χ1n) is 3.82. The average molecular weight is 169 g/mol. The molecule has 62 valence electrons. The molecule has 0 aliphatic rings. The molecule has 0 aliphatic heterocycles. The molecule has 0 unspecified atom stereocenters. The predicted octanol–water partition coefficient (Wildman–Crippen LogP) is 2.23. The Morgan fingerprint density at radius 1 is 1.55 bits per heavy atom. The SMILES string of the molecule is C/C=C(\C=C/CC)C(=S)CN. The molecule has 0 bridgehead atoms. The van der Waals surface area contributed by atoms with Crippen LogP contribution in [0.4, 0.5) is 0 Å². The van der Waals surface area contributed by atoms with Gasteiger partial charge in [-0.25, -0.2) is 0 Å². The Morgan fingerprint density at radius 2 is 2.18 bits per heavy atom. The summed E-state index contributed by atoms with van der Waals surface area (Å²) in [5.74, 6) is 0. The Kier molecular flexibility index (Phi) is 5.99. The van der Waals surface area contributed by atoms with E-state index in [2.05, 4.69) is 13.0 Å². The van der Waals surface area contributed by atoms with Crippen molar-refractivity contribution in [2.24, 2.45) is 5.73 Å². The van der Waals surface area contributed by atoms with Crippen LogP contribution in [0.1, 0.15) is 20.3 Å². The highest BCUT2D eigenvalue weighted by atomic mass is 32.1. The number of nitrogens with two attached hydrogens (primary N) is 1. The fourth-order valence-electron chi connectivity index (χ4n) is 0.713. The molecule has 0 radical (unpaired) electrons. The normalized spacial score (nSPS) is 12.5. The molecule has 0 aromatic carbocycles. The summed E-state index contributed by atoms with van der Waals surface area (Å²) >= 11 is 5.04. The van der Waals surface area contributed by atoms with Gasteiger partial charge < -0.3 is 5.73 Å². The maximum absolute atomic E-state index is 5.40. The second-order valence-electron chi connectivity index (χ2n) is 2.18. The van der Waals surface area contributed by atoms with Gasteiger partial charge in [0.15, 0.2) is 0 Å². The molecule has 0 aromatic heterocycles. The van der Waals surface area contributed by atoms with Crippen LogP contribution < -0.4 is 5.73 Å². The predicted molar refractivity (Wildman–Crippen MR) is 54.8 cm³/mol. The zero-order chi connectivity index (χ0) is 8.69. The molecule has 0 rings (SSSR count). The molecular weight excluding hydrogens is 154 g/mol. The summed E-state index contributed by atoms with van der Waals surface area (Å²) in [6, 6.07) is 0. The second-order valence-corrected chi connectivity index (χ2v) is 2.67. The van der Waals surface area contributed by atoms with E-state index in [1.54, 1.807) is 0 Å². The van der Waals surface area contributed by atoms with Crippen LogP contribution in [-0.4, -0.2) is 11.4 Å². The van der Waals surface area contributed by atoms with Crippen LogP contribution in [-0.2, 0) is 0 Å². The average Bonchev–Trinajstić information content (AvgIpc) is 2.05. The molecule has 0 saturated carbocycles. The molecule has 0 fully saturated rings. The van der Waals surface area contributed by atoms with Crippen molar-refractivity contribution in [3.63, 3.8) is 0 Å².